The molecule has 0 fully saturated rings. The molecule has 0 saturated carbocycles. The summed E-state index contributed by atoms with van der Waals surface area (Å²) in [6, 6.07) is 0. The number of fused-ring (bicyclic) bond motifs is 1. The van der Waals surface area contributed by atoms with E-state index in [1.54, 1.807) is 0 Å². The van der Waals surface area contributed by atoms with E-state index in [1.807, 2.05) is 7.05 Å². The molecule has 1 aliphatic rings. The lowest BCUT2D eigenvalue weighted by atomic mass is 10.2. The van der Waals surface area contributed by atoms with Gasteiger partial charge in [0.15, 0.2) is 0 Å². The average Bonchev–Trinajstić information content (AvgIpc) is 2.46. The lowest BCUT2D eigenvalue weighted by molar-refractivity contribution is 0.295. The molecule has 0 saturated heterocycles. The van der Waals surface area contributed by atoms with Gasteiger partial charge in [0.05, 0.1) is 12.3 Å². The van der Waals surface area contributed by atoms with Crippen LogP contribution in [0.1, 0.15) is 17.2 Å². The fourth-order valence-corrected chi connectivity index (χ4v) is 1.84. The molecular weight excluding hydrogens is 166 g/mol. The van der Waals surface area contributed by atoms with Crippen molar-refractivity contribution in [2.45, 2.75) is 19.4 Å². The molecule has 2 rings (SSSR count). The van der Waals surface area contributed by atoms with Crippen LogP contribution < -0.4 is 5.32 Å². The Morgan fingerprint density at radius 3 is 3.15 bits per heavy atom. The van der Waals surface area contributed by atoms with E-state index >= 15 is 0 Å². The van der Waals surface area contributed by atoms with Gasteiger partial charge in [0.1, 0.15) is 5.82 Å². The minimum Gasteiger partial charge on any atom is -0.396 e. The van der Waals surface area contributed by atoms with Crippen molar-refractivity contribution < 1.29 is 5.11 Å². The quantitative estimate of drug-likeness (QED) is 0.652. The minimum absolute atomic E-state index is 0.178. The van der Waals surface area contributed by atoms with Gasteiger partial charge in [-0.05, 0) is 0 Å². The first-order chi connectivity index (χ1) is 6.33. The number of aliphatic hydroxyl groups excluding tert-OH is 1. The molecule has 0 atom stereocenters. The van der Waals surface area contributed by atoms with Gasteiger partial charge in [0, 0.05) is 38.7 Å². The van der Waals surface area contributed by atoms with Crippen LogP contribution in [0, 0.1) is 0 Å². The maximum atomic E-state index is 8.84. The summed E-state index contributed by atoms with van der Waals surface area (Å²) in [5, 5.41) is 12.1. The Hall–Kier alpha value is -0.870. The van der Waals surface area contributed by atoms with Crippen LogP contribution in [0.25, 0.3) is 0 Å². The van der Waals surface area contributed by atoms with Crippen molar-refractivity contribution in [1.82, 2.24) is 14.9 Å². The molecular formula is C9H15N3O. The predicted molar refractivity (Wildman–Crippen MR) is 49.4 cm³/mol. The lowest BCUT2D eigenvalue weighted by Crippen LogP contribution is -2.24. The molecule has 2 N–H and O–H groups in total. The molecule has 1 aromatic rings. The van der Waals surface area contributed by atoms with Crippen LogP contribution >= 0.6 is 0 Å². The third-order valence-corrected chi connectivity index (χ3v) is 2.56. The van der Waals surface area contributed by atoms with Crippen LogP contribution in [0.15, 0.2) is 0 Å². The van der Waals surface area contributed by atoms with Crippen LogP contribution in [0.2, 0.25) is 0 Å². The molecule has 72 valence electrons. The number of hydrogen-bond acceptors (Lipinski definition) is 3. The first-order valence-corrected chi connectivity index (χ1v) is 4.68. The van der Waals surface area contributed by atoms with E-state index in [4.69, 9.17) is 5.11 Å². The van der Waals surface area contributed by atoms with Crippen molar-refractivity contribution in [2.24, 2.45) is 7.05 Å². The second-order valence-corrected chi connectivity index (χ2v) is 3.38. The van der Waals surface area contributed by atoms with Crippen molar-refractivity contribution in [3.8, 4) is 0 Å². The molecule has 4 nitrogen and oxygen atoms in total. The zero-order valence-electron chi connectivity index (χ0n) is 7.88. The van der Waals surface area contributed by atoms with Crippen LogP contribution in [0.5, 0.6) is 0 Å². The number of imidazole rings is 1. The number of aliphatic hydroxyl groups is 1. The van der Waals surface area contributed by atoms with E-state index in [0.717, 1.165) is 31.0 Å². The SMILES string of the molecule is Cn1c(CCO)nc2c1CCNC2. The smallest absolute Gasteiger partial charge is 0.111 e. The predicted octanol–water partition coefficient (Wildman–Crippen LogP) is -0.399. The van der Waals surface area contributed by atoms with Crippen molar-refractivity contribution in [3.05, 3.63) is 17.2 Å². The van der Waals surface area contributed by atoms with Gasteiger partial charge < -0.3 is 15.0 Å². The lowest BCUT2D eigenvalue weighted by Gasteiger charge is -2.12. The second-order valence-electron chi connectivity index (χ2n) is 3.38. The summed E-state index contributed by atoms with van der Waals surface area (Å²) >= 11 is 0. The Morgan fingerprint density at radius 2 is 2.46 bits per heavy atom. The number of nitrogens with one attached hydrogen (secondary N) is 1. The highest BCUT2D eigenvalue weighted by atomic mass is 16.3. The Morgan fingerprint density at radius 1 is 1.62 bits per heavy atom. The second kappa shape index (κ2) is 3.47. The molecule has 2 heterocycles. The highest BCUT2D eigenvalue weighted by molar-refractivity contribution is 5.19. The maximum Gasteiger partial charge on any atom is 0.111 e. The monoisotopic (exact) mass is 181 g/mol. The molecule has 0 unspecified atom stereocenters. The van der Waals surface area contributed by atoms with Gasteiger partial charge >= 0.3 is 0 Å². The first kappa shape index (κ1) is 8.72. The van der Waals surface area contributed by atoms with Gasteiger partial charge in [-0.3, -0.25) is 0 Å². The van der Waals surface area contributed by atoms with Gasteiger partial charge in [0.2, 0.25) is 0 Å². The molecule has 0 radical (unpaired) electrons. The zero-order valence-corrected chi connectivity index (χ0v) is 7.88. The van der Waals surface area contributed by atoms with E-state index in [1.165, 1.54) is 5.69 Å². The molecule has 1 aliphatic heterocycles. The zero-order chi connectivity index (χ0) is 9.26. The summed E-state index contributed by atoms with van der Waals surface area (Å²) in [6.45, 7) is 2.08. The molecule has 13 heavy (non-hydrogen) atoms. The standard InChI is InChI=1S/C9H15N3O/c1-12-8-2-4-10-6-7(8)11-9(12)3-5-13/h10,13H,2-6H2,1H3. The van der Waals surface area contributed by atoms with E-state index in [-0.39, 0.29) is 6.61 Å². The first-order valence-electron chi connectivity index (χ1n) is 4.68. The van der Waals surface area contributed by atoms with E-state index in [9.17, 15) is 0 Å². The van der Waals surface area contributed by atoms with Gasteiger partial charge in [-0.15, -0.1) is 0 Å². The average molecular weight is 181 g/mol. The normalized spacial score (nSPS) is 15.8. The highest BCUT2D eigenvalue weighted by Gasteiger charge is 2.16. The fourth-order valence-electron chi connectivity index (χ4n) is 1.84. The fraction of sp³-hybridized carbons (Fsp3) is 0.667. The van der Waals surface area contributed by atoms with Crippen molar-refractivity contribution in [2.75, 3.05) is 13.2 Å². The van der Waals surface area contributed by atoms with Crippen LogP contribution in [-0.2, 0) is 26.4 Å². The summed E-state index contributed by atoms with van der Waals surface area (Å²) in [4.78, 5) is 4.48. The van der Waals surface area contributed by atoms with Crippen molar-refractivity contribution in [3.63, 3.8) is 0 Å². The minimum atomic E-state index is 0.178. The molecule has 0 spiro atoms. The van der Waals surface area contributed by atoms with Crippen LogP contribution in [0.3, 0.4) is 0 Å². The molecule has 0 aliphatic carbocycles. The van der Waals surface area contributed by atoms with Crippen molar-refractivity contribution >= 4 is 0 Å². The number of rotatable bonds is 2. The highest BCUT2D eigenvalue weighted by Crippen LogP contribution is 2.14. The molecule has 4 heteroatoms. The molecule has 0 amide bonds. The Bertz CT molecular complexity index is 306. The van der Waals surface area contributed by atoms with E-state index < -0.39 is 0 Å². The summed E-state index contributed by atoms with van der Waals surface area (Å²) in [6.07, 6.45) is 1.70. The topological polar surface area (TPSA) is 50.1 Å². The summed E-state index contributed by atoms with van der Waals surface area (Å²) in [7, 11) is 2.03. The van der Waals surface area contributed by atoms with Gasteiger partial charge in [-0.25, -0.2) is 4.98 Å². The molecule has 0 bridgehead atoms. The summed E-state index contributed by atoms with van der Waals surface area (Å²) in [5.41, 5.74) is 2.47. The largest absolute Gasteiger partial charge is 0.396 e. The third kappa shape index (κ3) is 1.47. The number of aromatic nitrogens is 2. The Balaban J connectivity index is 2.33. The van der Waals surface area contributed by atoms with Crippen LogP contribution in [-0.4, -0.2) is 27.8 Å². The van der Waals surface area contributed by atoms with Gasteiger partial charge in [-0.1, -0.05) is 0 Å². The summed E-state index contributed by atoms with van der Waals surface area (Å²) < 4.78 is 2.12. The van der Waals surface area contributed by atoms with Gasteiger partial charge in [0.25, 0.3) is 0 Å². The van der Waals surface area contributed by atoms with Crippen molar-refractivity contribution in [1.29, 1.82) is 0 Å². The van der Waals surface area contributed by atoms with E-state index in [0.29, 0.717) is 6.42 Å². The maximum absolute atomic E-state index is 8.84. The van der Waals surface area contributed by atoms with E-state index in [2.05, 4.69) is 14.9 Å². The van der Waals surface area contributed by atoms with Crippen LogP contribution in [0.4, 0.5) is 0 Å². The Labute approximate surface area is 77.6 Å². The number of hydrogen-bond donors (Lipinski definition) is 2. The van der Waals surface area contributed by atoms with Gasteiger partial charge in [-0.2, -0.15) is 0 Å². The third-order valence-electron chi connectivity index (χ3n) is 2.56. The number of nitrogens with zero attached hydrogens (tertiary/aromatic N) is 2. The Kier molecular flexibility index (Phi) is 2.33. The molecule has 0 aromatic carbocycles. The summed E-state index contributed by atoms with van der Waals surface area (Å²) in [5.74, 6) is 0.996. The molecule has 1 aromatic heterocycles.